The van der Waals surface area contributed by atoms with Gasteiger partial charge < -0.3 is 15.0 Å². The first-order chi connectivity index (χ1) is 11.6. The number of aromatic amines is 1. The lowest BCUT2D eigenvalue weighted by molar-refractivity contribution is -0.117. The molecule has 0 spiro atoms. The lowest BCUT2D eigenvalue weighted by atomic mass is 10.1. The van der Waals surface area contributed by atoms with Crippen molar-refractivity contribution in [2.75, 3.05) is 11.9 Å². The fourth-order valence-electron chi connectivity index (χ4n) is 2.72. The van der Waals surface area contributed by atoms with E-state index in [1.165, 1.54) is 0 Å². The van der Waals surface area contributed by atoms with Gasteiger partial charge in [0, 0.05) is 12.1 Å². The summed E-state index contributed by atoms with van der Waals surface area (Å²) >= 11 is 0. The number of anilines is 1. The Hall–Kier alpha value is -3.07. The standard InChI is InChI=1S/C18H17N3O3/c1-2-24-18(23)16-7-13(10-20-16)21-17(22)15-8-14(15)12-5-3-4-11(6-12)9-19/h3-7,10,14-15,20H,2,8H2,1H3,(H,21,22). The summed E-state index contributed by atoms with van der Waals surface area (Å²) in [6.07, 6.45) is 2.33. The van der Waals surface area contributed by atoms with E-state index in [2.05, 4.69) is 16.4 Å². The molecule has 2 aromatic rings. The molecule has 1 fully saturated rings. The molecule has 1 saturated carbocycles. The number of H-pyrrole nitrogens is 1. The third kappa shape index (κ3) is 3.30. The maximum Gasteiger partial charge on any atom is 0.354 e. The zero-order valence-electron chi connectivity index (χ0n) is 13.2. The predicted molar refractivity (Wildman–Crippen MR) is 87.4 cm³/mol. The van der Waals surface area contributed by atoms with Crippen molar-refractivity contribution < 1.29 is 14.3 Å². The number of benzene rings is 1. The summed E-state index contributed by atoms with van der Waals surface area (Å²) in [4.78, 5) is 26.7. The van der Waals surface area contributed by atoms with Gasteiger partial charge in [-0.05, 0) is 43.0 Å². The Labute approximate surface area is 139 Å². The number of nitrogens with zero attached hydrogens (tertiary/aromatic N) is 1. The van der Waals surface area contributed by atoms with Crippen LogP contribution in [0.2, 0.25) is 0 Å². The van der Waals surface area contributed by atoms with Crippen LogP contribution in [-0.4, -0.2) is 23.5 Å². The third-order valence-electron chi connectivity index (χ3n) is 4.02. The van der Waals surface area contributed by atoms with E-state index in [9.17, 15) is 9.59 Å². The topological polar surface area (TPSA) is 95.0 Å². The highest BCUT2D eigenvalue weighted by molar-refractivity contribution is 5.97. The average Bonchev–Trinajstić information content (AvgIpc) is 3.27. The van der Waals surface area contributed by atoms with Gasteiger partial charge in [-0.3, -0.25) is 4.79 Å². The summed E-state index contributed by atoms with van der Waals surface area (Å²) in [5, 5.41) is 11.8. The summed E-state index contributed by atoms with van der Waals surface area (Å²) < 4.78 is 4.89. The SMILES string of the molecule is CCOC(=O)c1cc(NC(=O)C2CC2c2cccc(C#N)c2)c[nH]1. The minimum absolute atomic E-state index is 0.0863. The second-order valence-electron chi connectivity index (χ2n) is 5.70. The highest BCUT2D eigenvalue weighted by Gasteiger charge is 2.44. The molecule has 6 heteroatoms. The Balaban J connectivity index is 1.61. The highest BCUT2D eigenvalue weighted by atomic mass is 16.5. The fraction of sp³-hybridized carbons (Fsp3) is 0.278. The first-order valence-corrected chi connectivity index (χ1v) is 7.79. The highest BCUT2D eigenvalue weighted by Crippen LogP contribution is 2.48. The van der Waals surface area contributed by atoms with Crippen LogP contribution in [0.4, 0.5) is 5.69 Å². The normalized spacial score (nSPS) is 18.5. The van der Waals surface area contributed by atoms with Crippen LogP contribution >= 0.6 is 0 Å². The monoisotopic (exact) mass is 323 g/mol. The van der Waals surface area contributed by atoms with Gasteiger partial charge in [-0.15, -0.1) is 0 Å². The molecule has 1 aliphatic rings. The lowest BCUT2D eigenvalue weighted by Crippen LogP contribution is -2.14. The minimum atomic E-state index is -0.449. The van der Waals surface area contributed by atoms with Crippen molar-refractivity contribution in [2.45, 2.75) is 19.3 Å². The molecule has 0 aliphatic heterocycles. The number of rotatable bonds is 5. The predicted octanol–water partition coefficient (Wildman–Crippen LogP) is 2.81. The zero-order chi connectivity index (χ0) is 17.1. The maximum absolute atomic E-state index is 12.3. The van der Waals surface area contributed by atoms with Gasteiger partial charge in [0.2, 0.25) is 5.91 Å². The fourth-order valence-corrected chi connectivity index (χ4v) is 2.72. The third-order valence-corrected chi connectivity index (χ3v) is 4.02. The number of nitrogens with one attached hydrogen (secondary N) is 2. The molecule has 24 heavy (non-hydrogen) atoms. The minimum Gasteiger partial charge on any atom is -0.461 e. The van der Waals surface area contributed by atoms with Gasteiger partial charge in [0.05, 0.1) is 23.9 Å². The summed E-state index contributed by atoms with van der Waals surface area (Å²) in [7, 11) is 0. The Kier molecular flexibility index (Phi) is 4.34. The lowest BCUT2D eigenvalue weighted by Gasteiger charge is -2.03. The number of carbonyl (C=O) groups excluding carboxylic acids is 2. The molecule has 2 unspecified atom stereocenters. The van der Waals surface area contributed by atoms with Crippen LogP contribution in [0.1, 0.15) is 40.9 Å². The van der Waals surface area contributed by atoms with Crippen LogP contribution in [0.15, 0.2) is 36.5 Å². The summed E-state index contributed by atoms with van der Waals surface area (Å²) in [6.45, 7) is 2.03. The number of amides is 1. The molecule has 1 amide bonds. The van der Waals surface area contributed by atoms with Crippen LogP contribution in [-0.2, 0) is 9.53 Å². The van der Waals surface area contributed by atoms with Gasteiger partial charge >= 0.3 is 5.97 Å². The zero-order valence-corrected chi connectivity index (χ0v) is 13.2. The van der Waals surface area contributed by atoms with E-state index in [4.69, 9.17) is 10.00 Å². The average molecular weight is 323 g/mol. The molecule has 2 N–H and O–H groups in total. The number of ether oxygens (including phenoxy) is 1. The van der Waals surface area contributed by atoms with E-state index in [0.717, 1.165) is 12.0 Å². The van der Waals surface area contributed by atoms with Gasteiger partial charge in [0.15, 0.2) is 0 Å². The van der Waals surface area contributed by atoms with Gasteiger partial charge in [0.1, 0.15) is 5.69 Å². The Morgan fingerprint density at radius 3 is 3.00 bits per heavy atom. The van der Waals surface area contributed by atoms with Crippen LogP contribution in [0.5, 0.6) is 0 Å². The molecule has 3 rings (SSSR count). The molecule has 0 saturated heterocycles. The molecule has 1 heterocycles. The van der Waals surface area contributed by atoms with Crippen LogP contribution in [0.3, 0.4) is 0 Å². The molecule has 1 aromatic heterocycles. The van der Waals surface area contributed by atoms with Gasteiger partial charge in [0.25, 0.3) is 0 Å². The summed E-state index contributed by atoms with van der Waals surface area (Å²) in [5.74, 6) is -0.506. The van der Waals surface area contributed by atoms with Crippen LogP contribution < -0.4 is 5.32 Å². The largest absolute Gasteiger partial charge is 0.461 e. The van der Waals surface area contributed by atoms with Crippen molar-refractivity contribution in [3.63, 3.8) is 0 Å². The van der Waals surface area contributed by atoms with Crippen LogP contribution in [0.25, 0.3) is 0 Å². The molecule has 0 bridgehead atoms. The van der Waals surface area contributed by atoms with Crippen molar-refractivity contribution in [1.29, 1.82) is 5.26 Å². The van der Waals surface area contributed by atoms with Crippen molar-refractivity contribution in [2.24, 2.45) is 5.92 Å². The number of nitriles is 1. The number of hydrogen-bond acceptors (Lipinski definition) is 4. The number of aromatic nitrogens is 1. The molecule has 1 aromatic carbocycles. The number of hydrogen-bond donors (Lipinski definition) is 2. The molecular formula is C18H17N3O3. The summed E-state index contributed by atoms with van der Waals surface area (Å²) in [6, 6.07) is 11.0. The van der Waals surface area contributed by atoms with E-state index in [-0.39, 0.29) is 17.7 Å². The van der Waals surface area contributed by atoms with Gasteiger partial charge in [-0.1, -0.05) is 12.1 Å². The second kappa shape index (κ2) is 6.59. The Morgan fingerprint density at radius 1 is 1.42 bits per heavy atom. The number of esters is 1. The maximum atomic E-state index is 12.3. The molecule has 1 aliphatic carbocycles. The van der Waals surface area contributed by atoms with E-state index in [1.807, 2.05) is 18.2 Å². The van der Waals surface area contributed by atoms with E-state index < -0.39 is 5.97 Å². The molecular weight excluding hydrogens is 306 g/mol. The molecule has 6 nitrogen and oxygen atoms in total. The molecule has 0 radical (unpaired) electrons. The van der Waals surface area contributed by atoms with Crippen molar-refractivity contribution in [3.05, 3.63) is 53.3 Å². The van der Waals surface area contributed by atoms with Crippen molar-refractivity contribution in [1.82, 2.24) is 4.98 Å². The van der Waals surface area contributed by atoms with Gasteiger partial charge in [-0.25, -0.2) is 4.79 Å². The smallest absolute Gasteiger partial charge is 0.354 e. The second-order valence-corrected chi connectivity index (χ2v) is 5.70. The van der Waals surface area contributed by atoms with Gasteiger partial charge in [-0.2, -0.15) is 5.26 Å². The van der Waals surface area contributed by atoms with Crippen molar-refractivity contribution in [3.8, 4) is 6.07 Å². The first kappa shape index (κ1) is 15.8. The number of carbonyl (C=O) groups is 2. The quantitative estimate of drug-likeness (QED) is 0.827. The van der Waals surface area contributed by atoms with Crippen molar-refractivity contribution >= 4 is 17.6 Å². The Bertz CT molecular complexity index is 819. The van der Waals surface area contributed by atoms with E-state index in [1.54, 1.807) is 25.3 Å². The molecule has 2 atom stereocenters. The Morgan fingerprint density at radius 2 is 2.25 bits per heavy atom. The first-order valence-electron chi connectivity index (χ1n) is 7.79. The van der Waals surface area contributed by atoms with Crippen LogP contribution in [0, 0.1) is 17.2 Å². The summed E-state index contributed by atoms with van der Waals surface area (Å²) in [5.41, 5.74) is 2.46. The molecule has 122 valence electrons. The van der Waals surface area contributed by atoms with E-state index >= 15 is 0 Å². The van der Waals surface area contributed by atoms with E-state index in [0.29, 0.717) is 23.6 Å².